The third-order valence-electron chi connectivity index (χ3n) is 2.43. The smallest absolute Gasteiger partial charge is 0.222 e. The number of carbonyl (C=O) groups excluding carboxylic acids is 1. The summed E-state index contributed by atoms with van der Waals surface area (Å²) in [6, 6.07) is 0.400. The zero-order chi connectivity index (χ0) is 9.80. The van der Waals surface area contributed by atoms with E-state index in [0.29, 0.717) is 26.2 Å². The van der Waals surface area contributed by atoms with Crippen molar-refractivity contribution in [1.29, 1.82) is 0 Å². The Labute approximate surface area is 83.1 Å². The van der Waals surface area contributed by atoms with Crippen molar-refractivity contribution < 1.29 is 14.3 Å². The van der Waals surface area contributed by atoms with E-state index in [4.69, 9.17) is 9.47 Å². The molecule has 0 bridgehead atoms. The normalized spacial score (nSPS) is 28.1. The van der Waals surface area contributed by atoms with E-state index >= 15 is 0 Å². The minimum absolute atomic E-state index is 0.0845. The first-order valence-corrected chi connectivity index (χ1v) is 5.03. The molecule has 1 atom stereocenters. The maximum absolute atomic E-state index is 11.5. The molecule has 2 aliphatic heterocycles. The van der Waals surface area contributed by atoms with Gasteiger partial charge in [-0.2, -0.15) is 0 Å². The van der Waals surface area contributed by atoms with Gasteiger partial charge in [0.25, 0.3) is 0 Å². The van der Waals surface area contributed by atoms with E-state index in [1.54, 1.807) is 0 Å². The maximum atomic E-state index is 11.5. The van der Waals surface area contributed by atoms with Crippen LogP contribution >= 0.6 is 0 Å². The minimum atomic E-state index is 0.0845. The van der Waals surface area contributed by atoms with Gasteiger partial charge in [-0.25, -0.2) is 0 Å². The molecule has 2 rings (SSSR count). The van der Waals surface area contributed by atoms with Gasteiger partial charge >= 0.3 is 0 Å². The Morgan fingerprint density at radius 3 is 2.79 bits per heavy atom. The van der Waals surface area contributed by atoms with E-state index in [0.717, 1.165) is 13.2 Å². The lowest BCUT2D eigenvalue weighted by molar-refractivity contribution is -0.126. The van der Waals surface area contributed by atoms with Crippen LogP contribution in [0.4, 0.5) is 0 Å². The highest BCUT2D eigenvalue weighted by atomic mass is 16.5. The molecule has 80 valence electrons. The van der Waals surface area contributed by atoms with Gasteiger partial charge in [0.15, 0.2) is 0 Å². The van der Waals surface area contributed by atoms with E-state index in [-0.39, 0.29) is 18.0 Å². The summed E-state index contributed by atoms with van der Waals surface area (Å²) in [7, 11) is 0. The highest BCUT2D eigenvalue weighted by Gasteiger charge is 2.22. The van der Waals surface area contributed by atoms with Crippen LogP contribution in [0, 0.1) is 0 Å². The van der Waals surface area contributed by atoms with Crippen molar-refractivity contribution in [3.63, 3.8) is 0 Å². The fraction of sp³-hybridized carbons (Fsp3) is 0.889. The predicted molar refractivity (Wildman–Crippen MR) is 50.0 cm³/mol. The molecular formula is C9H16N2O3. The molecule has 0 radical (unpaired) electrons. The second-order valence-electron chi connectivity index (χ2n) is 3.73. The van der Waals surface area contributed by atoms with Gasteiger partial charge in [-0.05, 0) is 0 Å². The zero-order valence-corrected chi connectivity index (χ0v) is 8.12. The Hall–Kier alpha value is -0.650. The lowest BCUT2D eigenvalue weighted by Gasteiger charge is -2.28. The van der Waals surface area contributed by atoms with Crippen LogP contribution in [-0.4, -0.2) is 51.0 Å². The molecule has 2 aliphatic rings. The number of carbonyl (C=O) groups is 1. The Kier molecular flexibility index (Phi) is 3.34. The fourth-order valence-corrected chi connectivity index (χ4v) is 1.58. The summed E-state index contributed by atoms with van der Waals surface area (Å²) < 4.78 is 10.2. The van der Waals surface area contributed by atoms with Crippen molar-refractivity contribution in [2.24, 2.45) is 0 Å². The Balaban J connectivity index is 1.64. The molecule has 5 nitrogen and oxygen atoms in total. The molecule has 0 aromatic heterocycles. The van der Waals surface area contributed by atoms with E-state index < -0.39 is 0 Å². The summed E-state index contributed by atoms with van der Waals surface area (Å²) in [5.74, 6) is 0.0845. The lowest BCUT2D eigenvalue weighted by atomic mass is 10.1. The Bertz CT molecular complexity index is 200. The standard InChI is InChI=1S/C9H16N2O3/c12-9(11-8-5-14-6-8)3-7-4-13-2-1-10-7/h7-8,10H,1-6H2,(H,11,12). The Morgan fingerprint density at radius 2 is 2.21 bits per heavy atom. The predicted octanol–water partition coefficient (Wildman–Crippen LogP) is -1.12. The SMILES string of the molecule is O=C(CC1COCCN1)NC1COC1. The van der Waals surface area contributed by atoms with Gasteiger partial charge < -0.3 is 20.1 Å². The van der Waals surface area contributed by atoms with Gasteiger partial charge in [0.2, 0.25) is 5.91 Å². The highest BCUT2D eigenvalue weighted by molar-refractivity contribution is 5.77. The van der Waals surface area contributed by atoms with E-state index in [1.165, 1.54) is 0 Å². The summed E-state index contributed by atoms with van der Waals surface area (Å²) in [5, 5.41) is 6.15. The van der Waals surface area contributed by atoms with E-state index in [1.807, 2.05) is 0 Å². The molecule has 14 heavy (non-hydrogen) atoms. The summed E-state index contributed by atoms with van der Waals surface area (Å²) in [6.07, 6.45) is 0.497. The number of nitrogens with one attached hydrogen (secondary N) is 2. The summed E-state index contributed by atoms with van der Waals surface area (Å²) in [6.45, 7) is 3.52. The van der Waals surface area contributed by atoms with Crippen LogP contribution in [0.3, 0.4) is 0 Å². The molecule has 0 aromatic carbocycles. The molecule has 2 saturated heterocycles. The van der Waals surface area contributed by atoms with Crippen LogP contribution in [-0.2, 0) is 14.3 Å². The van der Waals surface area contributed by atoms with Crippen LogP contribution in [0.2, 0.25) is 0 Å². The van der Waals surface area contributed by atoms with E-state index in [9.17, 15) is 4.79 Å². The number of rotatable bonds is 3. The van der Waals surface area contributed by atoms with Gasteiger partial charge in [0, 0.05) is 19.0 Å². The van der Waals surface area contributed by atoms with Crippen molar-refractivity contribution in [2.45, 2.75) is 18.5 Å². The largest absolute Gasteiger partial charge is 0.378 e. The van der Waals surface area contributed by atoms with Gasteiger partial charge in [0.1, 0.15) is 0 Å². The molecule has 2 heterocycles. The molecule has 5 heteroatoms. The molecule has 2 fully saturated rings. The van der Waals surface area contributed by atoms with Crippen LogP contribution in [0.15, 0.2) is 0 Å². The number of hydrogen-bond acceptors (Lipinski definition) is 4. The summed E-state index contributed by atoms with van der Waals surface area (Å²) in [4.78, 5) is 11.5. The van der Waals surface area contributed by atoms with Crippen LogP contribution in [0.5, 0.6) is 0 Å². The first kappa shape index (κ1) is 9.89. The van der Waals surface area contributed by atoms with Crippen LogP contribution in [0.1, 0.15) is 6.42 Å². The number of morpholine rings is 1. The van der Waals surface area contributed by atoms with E-state index in [2.05, 4.69) is 10.6 Å². The monoisotopic (exact) mass is 200 g/mol. The van der Waals surface area contributed by atoms with Gasteiger partial charge in [-0.1, -0.05) is 0 Å². The van der Waals surface area contributed by atoms with Gasteiger partial charge in [-0.3, -0.25) is 4.79 Å². The van der Waals surface area contributed by atoms with Crippen molar-refractivity contribution in [3.05, 3.63) is 0 Å². The molecule has 0 aliphatic carbocycles. The highest BCUT2D eigenvalue weighted by Crippen LogP contribution is 2.02. The molecule has 0 aromatic rings. The van der Waals surface area contributed by atoms with Crippen molar-refractivity contribution in [1.82, 2.24) is 10.6 Å². The van der Waals surface area contributed by atoms with Crippen molar-refractivity contribution in [2.75, 3.05) is 33.0 Å². The average Bonchev–Trinajstić information content (AvgIpc) is 2.13. The summed E-state index contributed by atoms with van der Waals surface area (Å²) in [5.41, 5.74) is 0. The number of hydrogen-bond donors (Lipinski definition) is 2. The molecule has 1 amide bonds. The first-order chi connectivity index (χ1) is 6.84. The zero-order valence-electron chi connectivity index (χ0n) is 8.12. The van der Waals surface area contributed by atoms with Crippen molar-refractivity contribution >= 4 is 5.91 Å². The maximum Gasteiger partial charge on any atom is 0.222 e. The molecular weight excluding hydrogens is 184 g/mol. The molecule has 1 unspecified atom stereocenters. The third kappa shape index (κ3) is 2.67. The topological polar surface area (TPSA) is 59.6 Å². The molecule has 0 spiro atoms. The molecule has 0 saturated carbocycles. The quantitative estimate of drug-likeness (QED) is 0.606. The average molecular weight is 200 g/mol. The van der Waals surface area contributed by atoms with Crippen LogP contribution < -0.4 is 10.6 Å². The molecule has 2 N–H and O–H groups in total. The lowest BCUT2D eigenvalue weighted by Crippen LogP contribution is -2.51. The third-order valence-corrected chi connectivity index (χ3v) is 2.43. The number of amides is 1. The van der Waals surface area contributed by atoms with Gasteiger partial charge in [0.05, 0.1) is 32.5 Å². The number of ether oxygens (including phenoxy) is 2. The van der Waals surface area contributed by atoms with Gasteiger partial charge in [-0.15, -0.1) is 0 Å². The fourth-order valence-electron chi connectivity index (χ4n) is 1.58. The summed E-state index contributed by atoms with van der Waals surface area (Å²) >= 11 is 0. The first-order valence-electron chi connectivity index (χ1n) is 5.03. The second-order valence-corrected chi connectivity index (χ2v) is 3.73. The Morgan fingerprint density at radius 1 is 1.36 bits per heavy atom. The minimum Gasteiger partial charge on any atom is -0.378 e. The van der Waals surface area contributed by atoms with Crippen molar-refractivity contribution in [3.8, 4) is 0 Å². The second kappa shape index (κ2) is 4.72. The van der Waals surface area contributed by atoms with Crippen LogP contribution in [0.25, 0.3) is 0 Å².